The standard InChI is InChI=1S/C25H40O4/c1-17-16-20(12-8-10-14-24(4,5)22(26)27)19(3)21(18(17)2)13-9-11-15-25(6,7)23(28)29/h16H,8-15H2,1-7H3,(H,26,27)(H,28,29). The Morgan fingerprint density at radius 1 is 0.759 bits per heavy atom. The molecular formula is C25H40O4. The van der Waals surface area contributed by atoms with E-state index in [9.17, 15) is 19.8 Å². The molecule has 0 saturated carbocycles. The lowest BCUT2D eigenvalue weighted by Gasteiger charge is -2.21. The van der Waals surface area contributed by atoms with Crippen LogP contribution in [-0.2, 0) is 22.4 Å². The van der Waals surface area contributed by atoms with Crippen LogP contribution in [0.25, 0.3) is 0 Å². The van der Waals surface area contributed by atoms with Crippen LogP contribution in [0.5, 0.6) is 0 Å². The predicted molar refractivity (Wildman–Crippen MR) is 119 cm³/mol. The third kappa shape index (κ3) is 7.17. The molecule has 0 atom stereocenters. The molecule has 29 heavy (non-hydrogen) atoms. The zero-order chi connectivity index (χ0) is 22.4. The quantitative estimate of drug-likeness (QED) is 0.403. The number of hydrogen-bond acceptors (Lipinski definition) is 2. The largest absolute Gasteiger partial charge is 0.481 e. The Kier molecular flexibility index (Phi) is 8.92. The molecule has 0 aliphatic rings. The van der Waals surface area contributed by atoms with E-state index in [4.69, 9.17) is 0 Å². The number of aryl methyl sites for hydroxylation is 2. The summed E-state index contributed by atoms with van der Waals surface area (Å²) in [5.41, 5.74) is 5.44. The monoisotopic (exact) mass is 404 g/mol. The van der Waals surface area contributed by atoms with E-state index in [1.54, 1.807) is 27.7 Å². The second kappa shape index (κ2) is 10.3. The van der Waals surface area contributed by atoms with Gasteiger partial charge in [-0.1, -0.05) is 18.9 Å². The number of carbonyl (C=O) groups is 2. The van der Waals surface area contributed by atoms with E-state index in [0.717, 1.165) is 38.5 Å². The molecule has 4 nitrogen and oxygen atoms in total. The second-order valence-corrected chi connectivity index (χ2v) is 9.87. The van der Waals surface area contributed by atoms with Crippen LogP contribution in [0.1, 0.15) is 94.0 Å². The highest BCUT2D eigenvalue weighted by Crippen LogP contribution is 2.29. The first-order valence-corrected chi connectivity index (χ1v) is 10.8. The van der Waals surface area contributed by atoms with Gasteiger partial charge in [0.25, 0.3) is 0 Å². The van der Waals surface area contributed by atoms with Crippen LogP contribution in [0.15, 0.2) is 6.07 Å². The molecule has 164 valence electrons. The fraction of sp³-hybridized carbons (Fsp3) is 0.680. The van der Waals surface area contributed by atoms with Crippen LogP contribution in [0, 0.1) is 31.6 Å². The Morgan fingerprint density at radius 2 is 1.21 bits per heavy atom. The van der Waals surface area contributed by atoms with Crippen molar-refractivity contribution in [1.82, 2.24) is 0 Å². The first-order chi connectivity index (χ1) is 13.3. The van der Waals surface area contributed by atoms with Crippen LogP contribution in [-0.4, -0.2) is 22.2 Å². The average molecular weight is 405 g/mol. The van der Waals surface area contributed by atoms with Gasteiger partial charge in [0.2, 0.25) is 0 Å². The number of carboxylic acids is 2. The minimum absolute atomic E-state index is 0.660. The maximum absolute atomic E-state index is 11.3. The van der Waals surface area contributed by atoms with Crippen molar-refractivity contribution < 1.29 is 19.8 Å². The van der Waals surface area contributed by atoms with Gasteiger partial charge in [-0.3, -0.25) is 9.59 Å². The molecule has 2 N–H and O–H groups in total. The number of rotatable bonds is 12. The van der Waals surface area contributed by atoms with Gasteiger partial charge >= 0.3 is 11.9 Å². The zero-order valence-corrected chi connectivity index (χ0v) is 19.4. The molecule has 4 heteroatoms. The molecule has 0 saturated heterocycles. The summed E-state index contributed by atoms with van der Waals surface area (Å²) in [5, 5.41) is 18.5. The van der Waals surface area contributed by atoms with Crippen molar-refractivity contribution in [2.75, 3.05) is 0 Å². The summed E-state index contributed by atoms with van der Waals surface area (Å²) >= 11 is 0. The number of benzene rings is 1. The number of unbranched alkanes of at least 4 members (excludes halogenated alkanes) is 2. The lowest BCUT2D eigenvalue weighted by molar-refractivity contribution is -0.148. The van der Waals surface area contributed by atoms with E-state index in [-0.39, 0.29) is 0 Å². The molecule has 1 rings (SSSR count). The fourth-order valence-electron chi connectivity index (χ4n) is 3.79. The minimum Gasteiger partial charge on any atom is -0.481 e. The van der Waals surface area contributed by atoms with Crippen LogP contribution < -0.4 is 0 Å². The topological polar surface area (TPSA) is 74.6 Å². The second-order valence-electron chi connectivity index (χ2n) is 9.87. The van der Waals surface area contributed by atoms with Crippen molar-refractivity contribution in [2.45, 2.75) is 99.8 Å². The van der Waals surface area contributed by atoms with Crippen molar-refractivity contribution in [3.63, 3.8) is 0 Å². The Hall–Kier alpha value is -1.84. The van der Waals surface area contributed by atoms with E-state index in [1.165, 1.54) is 27.8 Å². The Morgan fingerprint density at radius 3 is 1.66 bits per heavy atom. The molecule has 1 aromatic carbocycles. The Labute approximate surface area is 176 Å². The van der Waals surface area contributed by atoms with E-state index in [0.29, 0.717) is 12.8 Å². The first kappa shape index (κ1) is 25.2. The van der Waals surface area contributed by atoms with Gasteiger partial charge in [0.15, 0.2) is 0 Å². The highest BCUT2D eigenvalue weighted by molar-refractivity contribution is 5.73. The lowest BCUT2D eigenvalue weighted by Crippen LogP contribution is -2.23. The molecule has 0 radical (unpaired) electrons. The lowest BCUT2D eigenvalue weighted by atomic mass is 9.84. The summed E-state index contributed by atoms with van der Waals surface area (Å²) in [5.74, 6) is -1.46. The third-order valence-electron chi connectivity index (χ3n) is 6.50. The summed E-state index contributed by atoms with van der Waals surface area (Å²) in [6.07, 6.45) is 7.14. The van der Waals surface area contributed by atoms with Gasteiger partial charge in [0.05, 0.1) is 10.8 Å². The number of carboxylic acid groups (broad SMARTS) is 2. The SMILES string of the molecule is Cc1cc(CCCCC(C)(C)C(=O)O)c(C)c(CCCCC(C)(C)C(=O)O)c1C. The van der Waals surface area contributed by atoms with E-state index in [1.807, 2.05) is 0 Å². The van der Waals surface area contributed by atoms with Gasteiger partial charge in [-0.25, -0.2) is 0 Å². The van der Waals surface area contributed by atoms with Gasteiger partial charge in [-0.15, -0.1) is 0 Å². The van der Waals surface area contributed by atoms with Crippen molar-refractivity contribution in [2.24, 2.45) is 10.8 Å². The van der Waals surface area contributed by atoms with E-state index < -0.39 is 22.8 Å². The molecule has 0 bridgehead atoms. The van der Waals surface area contributed by atoms with Gasteiger partial charge in [0.1, 0.15) is 0 Å². The Bertz CT molecular complexity index is 729. The van der Waals surface area contributed by atoms with Crippen molar-refractivity contribution in [3.05, 3.63) is 33.9 Å². The molecule has 0 unspecified atom stereocenters. The normalized spacial score (nSPS) is 12.2. The maximum atomic E-state index is 11.3. The van der Waals surface area contributed by atoms with Crippen molar-refractivity contribution >= 4 is 11.9 Å². The third-order valence-corrected chi connectivity index (χ3v) is 6.50. The smallest absolute Gasteiger partial charge is 0.309 e. The van der Waals surface area contributed by atoms with E-state index in [2.05, 4.69) is 26.8 Å². The maximum Gasteiger partial charge on any atom is 0.309 e. The summed E-state index contributed by atoms with van der Waals surface area (Å²) < 4.78 is 0. The van der Waals surface area contributed by atoms with Gasteiger partial charge in [0, 0.05) is 0 Å². The average Bonchev–Trinajstić information content (AvgIpc) is 2.61. The van der Waals surface area contributed by atoms with E-state index >= 15 is 0 Å². The van der Waals surface area contributed by atoms with Gasteiger partial charge in [-0.05, 0) is 115 Å². The molecular weight excluding hydrogens is 364 g/mol. The predicted octanol–water partition coefficient (Wildman–Crippen LogP) is 6.26. The van der Waals surface area contributed by atoms with Crippen LogP contribution in [0.2, 0.25) is 0 Å². The van der Waals surface area contributed by atoms with Crippen LogP contribution in [0.3, 0.4) is 0 Å². The summed E-state index contributed by atoms with van der Waals surface area (Å²) in [6, 6.07) is 2.28. The molecule has 0 fully saturated rings. The number of hydrogen-bond donors (Lipinski definition) is 2. The Balaban J connectivity index is 2.72. The molecule has 0 aromatic heterocycles. The zero-order valence-electron chi connectivity index (χ0n) is 19.4. The highest BCUT2D eigenvalue weighted by atomic mass is 16.4. The molecule has 0 aliphatic carbocycles. The molecule has 0 aliphatic heterocycles. The summed E-state index contributed by atoms with van der Waals surface area (Å²) in [4.78, 5) is 22.5. The van der Waals surface area contributed by atoms with Crippen LogP contribution >= 0.6 is 0 Å². The van der Waals surface area contributed by atoms with Crippen molar-refractivity contribution in [3.8, 4) is 0 Å². The molecule has 0 heterocycles. The molecule has 0 spiro atoms. The molecule has 0 amide bonds. The highest BCUT2D eigenvalue weighted by Gasteiger charge is 2.27. The first-order valence-electron chi connectivity index (χ1n) is 10.8. The fourth-order valence-corrected chi connectivity index (χ4v) is 3.79. The molecule has 1 aromatic rings. The van der Waals surface area contributed by atoms with Gasteiger partial charge in [-0.2, -0.15) is 0 Å². The van der Waals surface area contributed by atoms with Crippen molar-refractivity contribution in [1.29, 1.82) is 0 Å². The summed E-state index contributed by atoms with van der Waals surface area (Å²) in [6.45, 7) is 13.7. The summed E-state index contributed by atoms with van der Waals surface area (Å²) in [7, 11) is 0. The van der Waals surface area contributed by atoms with Crippen LogP contribution in [0.4, 0.5) is 0 Å². The minimum atomic E-state index is -0.728. The number of aliphatic carboxylic acids is 2. The van der Waals surface area contributed by atoms with Gasteiger partial charge < -0.3 is 10.2 Å².